The molecule has 2 aliphatic heterocycles. The van der Waals surface area contributed by atoms with Crippen LogP contribution in [0.4, 0.5) is 0 Å². The van der Waals surface area contributed by atoms with Crippen LogP contribution in [0.25, 0.3) is 0 Å². The van der Waals surface area contributed by atoms with Gasteiger partial charge in [-0.25, -0.2) is 4.79 Å². The van der Waals surface area contributed by atoms with Crippen molar-refractivity contribution in [3.8, 4) is 0 Å². The Labute approximate surface area is 213 Å². The molecule has 0 amide bonds. The number of esters is 1. The zero-order chi connectivity index (χ0) is 25.2. The quantitative estimate of drug-likeness (QED) is 0.452. The van der Waals surface area contributed by atoms with Gasteiger partial charge in [0.1, 0.15) is 6.61 Å². The van der Waals surface area contributed by atoms with Crippen LogP contribution >= 0.6 is 0 Å². The van der Waals surface area contributed by atoms with Crippen LogP contribution in [0.3, 0.4) is 0 Å². The molecule has 2 aromatic carbocycles. The van der Waals surface area contributed by atoms with E-state index in [-0.39, 0.29) is 11.8 Å². The number of rotatable bonds is 3. The summed E-state index contributed by atoms with van der Waals surface area (Å²) in [5.41, 5.74) is 7.60. The molecule has 6 nitrogen and oxygen atoms in total. The second kappa shape index (κ2) is 10.4. The third-order valence-electron chi connectivity index (χ3n) is 8.94. The highest BCUT2D eigenvalue weighted by Crippen LogP contribution is 2.41. The van der Waals surface area contributed by atoms with Crippen molar-refractivity contribution < 1.29 is 19.4 Å². The van der Waals surface area contributed by atoms with Crippen molar-refractivity contribution in [2.75, 3.05) is 39.9 Å². The molecule has 192 valence electrons. The highest BCUT2D eigenvalue weighted by molar-refractivity contribution is 5.97. The molecular weight excluding hydrogens is 452 g/mol. The maximum absolute atomic E-state index is 11.6. The lowest BCUT2D eigenvalue weighted by Gasteiger charge is -2.34. The van der Waals surface area contributed by atoms with Crippen molar-refractivity contribution in [1.29, 1.82) is 0 Å². The maximum atomic E-state index is 11.6. The predicted molar refractivity (Wildman–Crippen MR) is 140 cm³/mol. The van der Waals surface area contributed by atoms with E-state index in [4.69, 9.17) is 9.84 Å². The Morgan fingerprint density at radius 2 is 1.33 bits per heavy atom. The SMILES string of the molecule is COC(=O)c1ccc2c(c1)CC1(CCNC1)CC2.O=C(CO)c1ccc2c(c1)CC1(CCNC1)CC2. The number of methoxy groups -OCH3 is 1. The highest BCUT2D eigenvalue weighted by Gasteiger charge is 2.38. The lowest BCUT2D eigenvalue weighted by Crippen LogP contribution is -2.31. The fourth-order valence-corrected chi connectivity index (χ4v) is 6.68. The van der Waals surface area contributed by atoms with Crippen molar-refractivity contribution in [2.24, 2.45) is 10.8 Å². The van der Waals surface area contributed by atoms with E-state index in [1.807, 2.05) is 24.3 Å². The fourth-order valence-electron chi connectivity index (χ4n) is 6.68. The van der Waals surface area contributed by atoms with E-state index in [0.29, 0.717) is 22.0 Å². The Kier molecular flexibility index (Phi) is 7.29. The van der Waals surface area contributed by atoms with E-state index >= 15 is 0 Å². The number of benzene rings is 2. The van der Waals surface area contributed by atoms with Gasteiger partial charge in [-0.1, -0.05) is 18.2 Å². The molecule has 2 saturated heterocycles. The van der Waals surface area contributed by atoms with E-state index in [1.165, 1.54) is 55.0 Å². The summed E-state index contributed by atoms with van der Waals surface area (Å²) < 4.78 is 4.79. The molecule has 0 radical (unpaired) electrons. The average molecular weight is 491 g/mol. The molecular formula is C30H38N2O4. The Morgan fingerprint density at radius 1 is 0.806 bits per heavy atom. The summed E-state index contributed by atoms with van der Waals surface area (Å²) in [5, 5.41) is 15.9. The summed E-state index contributed by atoms with van der Waals surface area (Å²) in [6.45, 7) is 4.07. The van der Waals surface area contributed by atoms with E-state index < -0.39 is 6.61 Å². The number of aryl methyl sites for hydroxylation is 2. The minimum Gasteiger partial charge on any atom is -0.465 e. The first-order valence-corrected chi connectivity index (χ1v) is 13.3. The van der Waals surface area contributed by atoms with Crippen LogP contribution in [0.2, 0.25) is 0 Å². The third-order valence-corrected chi connectivity index (χ3v) is 8.94. The maximum Gasteiger partial charge on any atom is 0.337 e. The fraction of sp³-hybridized carbons (Fsp3) is 0.533. The summed E-state index contributed by atoms with van der Waals surface area (Å²) in [7, 11) is 1.43. The molecule has 2 aliphatic carbocycles. The van der Waals surface area contributed by atoms with Gasteiger partial charge in [0.25, 0.3) is 0 Å². The predicted octanol–water partition coefficient (Wildman–Crippen LogP) is 3.27. The molecule has 4 aliphatic rings. The topological polar surface area (TPSA) is 87.7 Å². The molecule has 6 rings (SSSR count). The summed E-state index contributed by atoms with van der Waals surface area (Å²) >= 11 is 0. The monoisotopic (exact) mass is 490 g/mol. The Bertz CT molecular complexity index is 1040. The van der Waals surface area contributed by atoms with Crippen LogP contribution in [-0.4, -0.2) is 56.8 Å². The van der Waals surface area contributed by atoms with Crippen molar-refractivity contribution >= 4 is 11.8 Å². The molecule has 6 heteroatoms. The number of aliphatic hydroxyl groups excluding tert-OH is 1. The third kappa shape index (κ3) is 5.13. The standard InChI is InChI=1S/2C15H19NO2/c1-18-14(17)12-3-2-11-4-5-15(6-7-16-10-15)9-13(11)8-12;17-9-14(18)12-2-1-11-3-4-15(5-6-16-10-15)8-13(11)7-12/h2-3,8,16H,4-7,9-10H2,1H3;1-2,7,16-17H,3-6,8-10H2. The van der Waals surface area contributed by atoms with Gasteiger partial charge in [0.15, 0.2) is 5.78 Å². The molecule has 36 heavy (non-hydrogen) atoms. The van der Waals surface area contributed by atoms with Crippen LogP contribution in [0.5, 0.6) is 0 Å². The van der Waals surface area contributed by atoms with E-state index in [2.05, 4.69) is 22.8 Å². The van der Waals surface area contributed by atoms with E-state index in [9.17, 15) is 9.59 Å². The number of carbonyl (C=O) groups is 2. The molecule has 0 bridgehead atoms. The van der Waals surface area contributed by atoms with Crippen LogP contribution < -0.4 is 10.6 Å². The number of fused-ring (bicyclic) bond motifs is 2. The Balaban J connectivity index is 0.000000148. The van der Waals surface area contributed by atoms with Crippen molar-refractivity contribution in [3.05, 3.63) is 69.8 Å². The summed E-state index contributed by atoms with van der Waals surface area (Å²) in [5.74, 6) is -0.413. The number of carbonyl (C=O) groups excluding carboxylic acids is 2. The minimum atomic E-state index is -0.397. The molecule has 2 aromatic rings. The lowest BCUT2D eigenvalue weighted by atomic mass is 9.71. The van der Waals surface area contributed by atoms with Gasteiger partial charge in [-0.2, -0.15) is 0 Å². The van der Waals surface area contributed by atoms with Gasteiger partial charge in [0.05, 0.1) is 12.7 Å². The summed E-state index contributed by atoms with van der Waals surface area (Å²) in [4.78, 5) is 23.1. The van der Waals surface area contributed by atoms with Gasteiger partial charge in [-0.05, 0) is 116 Å². The number of Topliss-reactive ketones (excluding diaryl/α,β-unsaturated/α-hetero) is 1. The number of ketones is 1. The molecule has 2 heterocycles. The summed E-state index contributed by atoms with van der Waals surface area (Å²) in [6, 6.07) is 11.9. The van der Waals surface area contributed by atoms with Crippen LogP contribution in [0, 0.1) is 10.8 Å². The second-order valence-corrected chi connectivity index (χ2v) is 11.2. The first-order chi connectivity index (χ1) is 17.4. The Hall–Kier alpha value is -2.54. The molecule has 0 aromatic heterocycles. The van der Waals surface area contributed by atoms with Gasteiger partial charge in [-0.15, -0.1) is 0 Å². The molecule has 2 atom stereocenters. The number of hydrogen-bond acceptors (Lipinski definition) is 6. The molecule has 2 spiro atoms. The van der Waals surface area contributed by atoms with Gasteiger partial charge in [-0.3, -0.25) is 4.79 Å². The average Bonchev–Trinajstić information content (AvgIpc) is 3.57. The number of nitrogens with one attached hydrogen (secondary N) is 2. The first kappa shape index (κ1) is 25.1. The van der Waals surface area contributed by atoms with Gasteiger partial charge in [0.2, 0.25) is 0 Å². The number of hydrogen-bond donors (Lipinski definition) is 3. The molecule has 2 unspecified atom stereocenters. The smallest absolute Gasteiger partial charge is 0.337 e. The van der Waals surface area contributed by atoms with Crippen molar-refractivity contribution in [1.82, 2.24) is 10.6 Å². The normalized spacial score (nSPS) is 26.2. The van der Waals surface area contributed by atoms with Crippen molar-refractivity contribution in [2.45, 2.75) is 51.4 Å². The van der Waals surface area contributed by atoms with E-state index in [0.717, 1.165) is 51.9 Å². The number of ether oxygens (including phenoxy) is 1. The van der Waals surface area contributed by atoms with Gasteiger partial charge in [0, 0.05) is 18.7 Å². The number of aliphatic hydroxyl groups is 1. The highest BCUT2D eigenvalue weighted by atomic mass is 16.5. The summed E-state index contributed by atoms with van der Waals surface area (Å²) in [6.07, 6.45) is 9.44. The second-order valence-electron chi connectivity index (χ2n) is 11.2. The first-order valence-electron chi connectivity index (χ1n) is 13.3. The molecule has 3 N–H and O–H groups in total. The van der Waals surface area contributed by atoms with Crippen LogP contribution in [0.15, 0.2) is 36.4 Å². The van der Waals surface area contributed by atoms with Crippen LogP contribution in [0.1, 0.15) is 68.7 Å². The zero-order valence-corrected chi connectivity index (χ0v) is 21.3. The molecule has 0 saturated carbocycles. The lowest BCUT2D eigenvalue weighted by molar-refractivity contribution is 0.0600. The Morgan fingerprint density at radius 3 is 1.81 bits per heavy atom. The zero-order valence-electron chi connectivity index (χ0n) is 21.3. The minimum absolute atomic E-state index is 0.179. The van der Waals surface area contributed by atoms with Gasteiger partial charge < -0.3 is 20.5 Å². The van der Waals surface area contributed by atoms with Crippen LogP contribution in [-0.2, 0) is 30.4 Å². The largest absolute Gasteiger partial charge is 0.465 e. The van der Waals surface area contributed by atoms with E-state index in [1.54, 1.807) is 0 Å². The molecule has 2 fully saturated rings. The van der Waals surface area contributed by atoms with Gasteiger partial charge >= 0.3 is 5.97 Å². The van der Waals surface area contributed by atoms with Crippen molar-refractivity contribution in [3.63, 3.8) is 0 Å².